The second kappa shape index (κ2) is 4.74. The van der Waals surface area contributed by atoms with E-state index in [0.717, 1.165) is 0 Å². The van der Waals surface area contributed by atoms with Crippen LogP contribution in [0.5, 0.6) is 11.5 Å². The van der Waals surface area contributed by atoms with Crippen LogP contribution in [0.4, 0.5) is 6.01 Å². The number of anilines is 1. The molecule has 2 N–H and O–H groups in total. The molecule has 7 heteroatoms. The fraction of sp³-hybridized carbons (Fsp3) is 0.182. The fourth-order valence-corrected chi connectivity index (χ4v) is 1.34. The van der Waals surface area contributed by atoms with E-state index in [1.807, 2.05) is 0 Å². The summed E-state index contributed by atoms with van der Waals surface area (Å²) >= 11 is 0. The Bertz CT molecular complexity index is 579. The van der Waals surface area contributed by atoms with Gasteiger partial charge in [-0.1, -0.05) is 5.16 Å². The monoisotopic (exact) mass is 249 g/mol. The van der Waals surface area contributed by atoms with Gasteiger partial charge in [0.2, 0.25) is 0 Å². The number of amides is 1. The molecule has 1 aromatic heterocycles. The number of aromatic hydroxyl groups is 1. The molecule has 1 aromatic carbocycles. The van der Waals surface area contributed by atoms with Gasteiger partial charge in [0, 0.05) is 0 Å². The van der Waals surface area contributed by atoms with Gasteiger partial charge in [0.05, 0.1) is 12.7 Å². The molecule has 0 atom stereocenters. The quantitative estimate of drug-likeness (QED) is 0.851. The minimum absolute atomic E-state index is 0.0280. The van der Waals surface area contributed by atoms with Crippen LogP contribution >= 0.6 is 0 Å². The standard InChI is InChI=1S/C11H11N3O4/c1-6-12-11(18-14-6)13-10(16)8-5-7(17-2)3-4-9(8)15/h3-5,15H,1-2H3,(H,12,13,14,16). The first-order valence-corrected chi connectivity index (χ1v) is 5.09. The van der Waals surface area contributed by atoms with E-state index in [1.54, 1.807) is 13.0 Å². The molecule has 0 saturated carbocycles. The molecular formula is C11H11N3O4. The molecule has 0 aliphatic rings. The van der Waals surface area contributed by atoms with Crippen molar-refractivity contribution < 1.29 is 19.2 Å². The fourth-order valence-electron chi connectivity index (χ4n) is 1.34. The van der Waals surface area contributed by atoms with Crippen LogP contribution in [0.3, 0.4) is 0 Å². The van der Waals surface area contributed by atoms with Crippen molar-refractivity contribution in [2.24, 2.45) is 0 Å². The van der Waals surface area contributed by atoms with Gasteiger partial charge in [0.15, 0.2) is 5.82 Å². The highest BCUT2D eigenvalue weighted by molar-refractivity contribution is 6.05. The molecule has 94 valence electrons. The Hall–Kier alpha value is -2.57. The molecule has 2 aromatic rings. The van der Waals surface area contributed by atoms with Crippen molar-refractivity contribution in [3.05, 3.63) is 29.6 Å². The molecule has 18 heavy (non-hydrogen) atoms. The van der Waals surface area contributed by atoms with E-state index in [2.05, 4.69) is 15.5 Å². The summed E-state index contributed by atoms with van der Waals surface area (Å²) in [6.07, 6.45) is 0. The highest BCUT2D eigenvalue weighted by Gasteiger charge is 2.15. The molecule has 0 saturated heterocycles. The molecule has 1 amide bonds. The topological polar surface area (TPSA) is 97.5 Å². The van der Waals surface area contributed by atoms with E-state index in [-0.39, 0.29) is 17.3 Å². The van der Waals surface area contributed by atoms with E-state index < -0.39 is 5.91 Å². The first-order valence-electron chi connectivity index (χ1n) is 5.09. The molecule has 0 radical (unpaired) electrons. The van der Waals surface area contributed by atoms with Crippen LogP contribution in [0.15, 0.2) is 22.7 Å². The molecular weight excluding hydrogens is 238 g/mol. The van der Waals surface area contributed by atoms with Gasteiger partial charge in [-0.25, -0.2) is 0 Å². The lowest BCUT2D eigenvalue weighted by Crippen LogP contribution is -2.12. The van der Waals surface area contributed by atoms with Crippen LogP contribution in [0, 0.1) is 6.92 Å². The summed E-state index contributed by atoms with van der Waals surface area (Å²) in [5, 5.41) is 15.5. The average molecular weight is 249 g/mol. The lowest BCUT2D eigenvalue weighted by Gasteiger charge is -2.05. The molecule has 0 aliphatic heterocycles. The highest BCUT2D eigenvalue weighted by atomic mass is 16.5. The number of nitrogens with one attached hydrogen (secondary N) is 1. The number of carbonyl (C=O) groups excluding carboxylic acids is 1. The summed E-state index contributed by atoms with van der Waals surface area (Å²) in [5.41, 5.74) is 0.0604. The molecule has 0 unspecified atom stereocenters. The van der Waals surface area contributed by atoms with Crippen molar-refractivity contribution in [3.8, 4) is 11.5 Å². The number of methoxy groups -OCH3 is 1. The summed E-state index contributed by atoms with van der Waals surface area (Å²) < 4.78 is 9.72. The number of aryl methyl sites for hydroxylation is 1. The maximum atomic E-state index is 11.9. The molecule has 1 heterocycles. The second-order valence-corrected chi connectivity index (χ2v) is 3.48. The highest BCUT2D eigenvalue weighted by Crippen LogP contribution is 2.23. The van der Waals surface area contributed by atoms with Crippen LogP contribution in [0.2, 0.25) is 0 Å². The number of nitrogens with zero attached hydrogens (tertiary/aromatic N) is 2. The normalized spacial score (nSPS) is 10.1. The van der Waals surface area contributed by atoms with Crippen LogP contribution in [-0.2, 0) is 0 Å². The van der Waals surface area contributed by atoms with Crippen molar-refractivity contribution >= 4 is 11.9 Å². The van der Waals surface area contributed by atoms with Gasteiger partial charge >= 0.3 is 6.01 Å². The zero-order chi connectivity index (χ0) is 13.1. The van der Waals surface area contributed by atoms with E-state index >= 15 is 0 Å². The maximum absolute atomic E-state index is 11.9. The van der Waals surface area contributed by atoms with Gasteiger partial charge in [-0.05, 0) is 25.1 Å². The third kappa shape index (κ3) is 2.40. The third-order valence-corrected chi connectivity index (χ3v) is 2.20. The Morgan fingerprint density at radius 1 is 1.50 bits per heavy atom. The van der Waals surface area contributed by atoms with E-state index in [1.165, 1.54) is 19.2 Å². The molecule has 0 aliphatic carbocycles. The lowest BCUT2D eigenvalue weighted by molar-refractivity contribution is 0.102. The van der Waals surface area contributed by atoms with E-state index in [4.69, 9.17) is 9.26 Å². The molecule has 0 bridgehead atoms. The average Bonchev–Trinajstić information content (AvgIpc) is 2.75. The van der Waals surface area contributed by atoms with Crippen LogP contribution in [-0.4, -0.2) is 28.3 Å². The van der Waals surface area contributed by atoms with Gasteiger partial charge in [0.1, 0.15) is 11.5 Å². The molecule has 7 nitrogen and oxygen atoms in total. The number of carbonyl (C=O) groups is 1. The Balaban J connectivity index is 2.23. The van der Waals surface area contributed by atoms with E-state index in [9.17, 15) is 9.90 Å². The van der Waals surface area contributed by atoms with Gasteiger partial charge in [-0.2, -0.15) is 4.98 Å². The van der Waals surface area contributed by atoms with Crippen LogP contribution < -0.4 is 10.1 Å². The van der Waals surface area contributed by atoms with Gasteiger partial charge < -0.3 is 14.4 Å². The Morgan fingerprint density at radius 3 is 2.89 bits per heavy atom. The number of phenols is 1. The number of phenolic OH excluding ortho intramolecular Hbond substituents is 1. The number of hydrogen-bond acceptors (Lipinski definition) is 6. The molecule has 0 spiro atoms. The summed E-state index contributed by atoms with van der Waals surface area (Å²) in [4.78, 5) is 15.7. The van der Waals surface area contributed by atoms with Crippen molar-refractivity contribution in [2.75, 3.05) is 12.4 Å². The summed E-state index contributed by atoms with van der Waals surface area (Å²) in [6, 6.07) is 4.30. The predicted molar refractivity (Wildman–Crippen MR) is 61.6 cm³/mol. The molecule has 2 rings (SSSR count). The van der Waals surface area contributed by atoms with Crippen molar-refractivity contribution in [3.63, 3.8) is 0 Å². The zero-order valence-electron chi connectivity index (χ0n) is 9.80. The number of rotatable bonds is 3. The number of hydrogen-bond donors (Lipinski definition) is 2. The van der Waals surface area contributed by atoms with Gasteiger partial charge in [-0.3, -0.25) is 10.1 Å². The first kappa shape index (κ1) is 11.9. The smallest absolute Gasteiger partial charge is 0.328 e. The summed E-state index contributed by atoms with van der Waals surface area (Å²) in [5.74, 6) is 0.138. The maximum Gasteiger partial charge on any atom is 0.328 e. The largest absolute Gasteiger partial charge is 0.507 e. The predicted octanol–water partition coefficient (Wildman–Crippen LogP) is 1.34. The Morgan fingerprint density at radius 2 is 2.28 bits per heavy atom. The van der Waals surface area contributed by atoms with Crippen LogP contribution in [0.25, 0.3) is 0 Å². The number of aromatic nitrogens is 2. The van der Waals surface area contributed by atoms with Crippen molar-refractivity contribution in [2.45, 2.75) is 6.92 Å². The van der Waals surface area contributed by atoms with Crippen molar-refractivity contribution in [1.29, 1.82) is 0 Å². The zero-order valence-corrected chi connectivity index (χ0v) is 9.80. The first-order chi connectivity index (χ1) is 8.60. The Kier molecular flexibility index (Phi) is 3.13. The third-order valence-electron chi connectivity index (χ3n) is 2.20. The van der Waals surface area contributed by atoms with Gasteiger partial charge in [0.25, 0.3) is 5.91 Å². The summed E-state index contributed by atoms with van der Waals surface area (Å²) in [7, 11) is 1.47. The van der Waals surface area contributed by atoms with Crippen LogP contribution in [0.1, 0.15) is 16.2 Å². The Labute approximate surface area is 102 Å². The second-order valence-electron chi connectivity index (χ2n) is 3.48. The minimum Gasteiger partial charge on any atom is -0.507 e. The van der Waals surface area contributed by atoms with E-state index in [0.29, 0.717) is 11.6 Å². The summed E-state index contributed by atoms with van der Waals surface area (Å²) in [6.45, 7) is 1.63. The van der Waals surface area contributed by atoms with Crippen molar-refractivity contribution in [1.82, 2.24) is 10.1 Å². The lowest BCUT2D eigenvalue weighted by atomic mass is 10.2. The number of ether oxygens (including phenoxy) is 1. The number of benzene rings is 1. The SMILES string of the molecule is COc1ccc(O)c(C(=O)Nc2nc(C)no2)c1. The molecule has 0 fully saturated rings. The minimum atomic E-state index is -0.560. The van der Waals surface area contributed by atoms with Gasteiger partial charge in [-0.15, -0.1) is 0 Å².